The summed E-state index contributed by atoms with van der Waals surface area (Å²) in [5.74, 6) is -1.04. The summed E-state index contributed by atoms with van der Waals surface area (Å²) in [4.78, 5) is 30.0. The third-order valence-electron chi connectivity index (χ3n) is 5.86. The van der Waals surface area contributed by atoms with Crippen molar-refractivity contribution in [2.75, 3.05) is 12.4 Å². The highest BCUT2D eigenvalue weighted by Crippen LogP contribution is 2.28. The van der Waals surface area contributed by atoms with Crippen molar-refractivity contribution in [2.45, 2.75) is 45.3 Å². The maximum Gasteiger partial charge on any atom is 0.256 e. The number of benzene rings is 1. The van der Waals surface area contributed by atoms with Gasteiger partial charge in [-0.3, -0.25) is 9.59 Å². The Labute approximate surface area is 195 Å². The smallest absolute Gasteiger partial charge is 0.256 e. The highest BCUT2D eigenvalue weighted by atomic mass is 35.5. The van der Waals surface area contributed by atoms with Crippen molar-refractivity contribution in [3.63, 3.8) is 0 Å². The van der Waals surface area contributed by atoms with Gasteiger partial charge in [0.25, 0.3) is 5.91 Å². The lowest BCUT2D eigenvalue weighted by atomic mass is 9.85. The molecule has 2 N–H and O–H groups in total. The highest BCUT2D eigenvalue weighted by Gasteiger charge is 2.28. The van der Waals surface area contributed by atoms with E-state index in [-0.39, 0.29) is 28.8 Å². The van der Waals surface area contributed by atoms with Gasteiger partial charge in [0.15, 0.2) is 5.65 Å². The first-order valence-corrected chi connectivity index (χ1v) is 11.1. The zero-order chi connectivity index (χ0) is 23.5. The van der Waals surface area contributed by atoms with E-state index in [9.17, 15) is 14.0 Å². The van der Waals surface area contributed by atoms with Crippen molar-refractivity contribution in [1.29, 1.82) is 0 Å². The van der Waals surface area contributed by atoms with Crippen LogP contribution in [0.3, 0.4) is 0 Å². The molecule has 1 aromatic carbocycles. The van der Waals surface area contributed by atoms with E-state index in [2.05, 4.69) is 20.7 Å². The number of ether oxygens (including phenoxy) is 1. The fourth-order valence-corrected chi connectivity index (χ4v) is 4.36. The molecule has 33 heavy (non-hydrogen) atoms. The second kappa shape index (κ2) is 9.84. The molecule has 2 aromatic heterocycles. The fraction of sp³-hybridized carbons (Fsp3) is 0.391. The molecule has 2 heterocycles. The summed E-state index contributed by atoms with van der Waals surface area (Å²) in [6, 6.07) is 5.69. The van der Waals surface area contributed by atoms with Gasteiger partial charge in [-0.15, -0.1) is 0 Å². The van der Waals surface area contributed by atoms with Gasteiger partial charge >= 0.3 is 0 Å². The summed E-state index contributed by atoms with van der Waals surface area (Å²) in [6.07, 6.45) is 4.11. The Morgan fingerprint density at radius 3 is 2.70 bits per heavy atom. The van der Waals surface area contributed by atoms with Crippen molar-refractivity contribution in [2.24, 2.45) is 5.92 Å². The molecule has 1 aliphatic carbocycles. The SMILES string of the molecule is COCc1cc(C)n2ncc(C(=O)N[C@H]3CC[C@H](C(=O)Nc4ccc(F)cc4Cl)CC3)c2n1. The fourth-order valence-electron chi connectivity index (χ4n) is 4.15. The van der Waals surface area contributed by atoms with E-state index in [4.69, 9.17) is 16.3 Å². The maximum absolute atomic E-state index is 13.2. The van der Waals surface area contributed by atoms with Crippen molar-refractivity contribution >= 4 is 34.7 Å². The molecule has 0 radical (unpaired) electrons. The van der Waals surface area contributed by atoms with Gasteiger partial charge in [0.2, 0.25) is 5.91 Å². The molecule has 1 aliphatic rings. The van der Waals surface area contributed by atoms with E-state index in [1.165, 1.54) is 24.4 Å². The molecule has 8 nitrogen and oxygen atoms in total. The minimum absolute atomic E-state index is 0.0471. The molecule has 0 saturated heterocycles. The Kier molecular flexibility index (Phi) is 6.90. The Morgan fingerprint density at radius 2 is 2.00 bits per heavy atom. The predicted molar refractivity (Wildman–Crippen MR) is 122 cm³/mol. The van der Waals surface area contributed by atoms with Gasteiger partial charge in [-0.25, -0.2) is 13.9 Å². The quantitative estimate of drug-likeness (QED) is 0.565. The molecule has 1 fully saturated rings. The number of halogens is 2. The largest absolute Gasteiger partial charge is 0.378 e. The van der Waals surface area contributed by atoms with Gasteiger partial charge in [0.05, 0.1) is 29.2 Å². The second-order valence-corrected chi connectivity index (χ2v) is 8.66. The van der Waals surface area contributed by atoms with Crippen LogP contribution in [0.1, 0.15) is 47.4 Å². The summed E-state index contributed by atoms with van der Waals surface area (Å²) in [6.45, 7) is 2.24. The third kappa shape index (κ3) is 5.15. The normalized spacial score (nSPS) is 18.3. The number of nitrogens with zero attached hydrogens (tertiary/aromatic N) is 3. The number of nitrogens with one attached hydrogen (secondary N) is 2. The van der Waals surface area contributed by atoms with E-state index in [1.54, 1.807) is 11.6 Å². The molecule has 0 aliphatic heterocycles. The van der Waals surface area contributed by atoms with Gasteiger partial charge in [0.1, 0.15) is 11.4 Å². The number of amides is 2. The van der Waals surface area contributed by atoms with Crippen molar-refractivity contribution in [1.82, 2.24) is 19.9 Å². The van der Waals surface area contributed by atoms with Crippen LogP contribution < -0.4 is 10.6 Å². The Morgan fingerprint density at radius 1 is 1.24 bits per heavy atom. The van der Waals surface area contributed by atoms with Gasteiger partial charge in [-0.2, -0.15) is 5.10 Å². The molecule has 2 amide bonds. The standard InChI is InChI=1S/C23H25ClFN5O3/c1-13-9-17(12-33-2)27-21-18(11-26-30(13)21)23(32)28-16-6-3-14(4-7-16)22(31)29-20-8-5-15(25)10-19(20)24/h5,8-11,14,16H,3-4,6-7,12H2,1-2H3,(H,28,32)(H,29,31)/t14-,16-. The van der Waals surface area contributed by atoms with Gasteiger partial charge in [0, 0.05) is 24.8 Å². The van der Waals surface area contributed by atoms with Crippen molar-refractivity contribution in [3.8, 4) is 0 Å². The van der Waals surface area contributed by atoms with Crippen LogP contribution in [0.2, 0.25) is 5.02 Å². The lowest BCUT2D eigenvalue weighted by Gasteiger charge is -2.28. The summed E-state index contributed by atoms with van der Waals surface area (Å²) in [5, 5.41) is 10.3. The van der Waals surface area contributed by atoms with Crippen LogP contribution in [0.15, 0.2) is 30.5 Å². The first-order valence-electron chi connectivity index (χ1n) is 10.8. The first-order chi connectivity index (χ1) is 15.9. The highest BCUT2D eigenvalue weighted by molar-refractivity contribution is 6.33. The summed E-state index contributed by atoms with van der Waals surface area (Å²) < 4.78 is 20.0. The number of carbonyl (C=O) groups excluding carboxylic acids is 2. The Hall–Kier alpha value is -3.04. The zero-order valence-electron chi connectivity index (χ0n) is 18.4. The topological polar surface area (TPSA) is 97.6 Å². The van der Waals surface area contributed by atoms with E-state index < -0.39 is 5.82 Å². The molecule has 1 saturated carbocycles. The Balaban J connectivity index is 1.36. The average Bonchev–Trinajstić information content (AvgIpc) is 3.21. The van der Waals surface area contributed by atoms with E-state index in [1.807, 2.05) is 13.0 Å². The third-order valence-corrected chi connectivity index (χ3v) is 6.17. The zero-order valence-corrected chi connectivity index (χ0v) is 19.2. The van der Waals surface area contributed by atoms with Gasteiger partial charge < -0.3 is 15.4 Å². The molecule has 0 spiro atoms. The lowest BCUT2D eigenvalue weighted by molar-refractivity contribution is -0.120. The number of anilines is 1. The summed E-state index contributed by atoms with van der Waals surface area (Å²) >= 11 is 6.00. The molecule has 4 rings (SSSR count). The monoisotopic (exact) mass is 473 g/mol. The van der Waals surface area contributed by atoms with Crippen LogP contribution in [-0.4, -0.2) is 39.6 Å². The Bertz CT molecular complexity index is 1190. The molecule has 3 aromatic rings. The van der Waals surface area contributed by atoms with Gasteiger partial charge in [-0.05, 0) is 56.9 Å². The molecular weight excluding hydrogens is 449 g/mol. The molecule has 10 heteroatoms. The van der Waals surface area contributed by atoms with Crippen LogP contribution in [0.5, 0.6) is 0 Å². The number of hydrogen-bond donors (Lipinski definition) is 2. The number of aryl methyl sites for hydroxylation is 1. The second-order valence-electron chi connectivity index (χ2n) is 8.25. The maximum atomic E-state index is 13.2. The first kappa shape index (κ1) is 23.1. The van der Waals surface area contributed by atoms with Crippen LogP contribution in [-0.2, 0) is 16.1 Å². The van der Waals surface area contributed by atoms with Gasteiger partial charge in [-0.1, -0.05) is 11.6 Å². The molecule has 0 unspecified atom stereocenters. The van der Waals surface area contributed by atoms with Crippen molar-refractivity contribution < 1.29 is 18.7 Å². The average molecular weight is 474 g/mol. The minimum Gasteiger partial charge on any atom is -0.378 e. The van der Waals surface area contributed by atoms with E-state index in [0.717, 1.165) is 11.4 Å². The van der Waals surface area contributed by atoms with Crippen molar-refractivity contribution in [3.05, 3.63) is 58.3 Å². The number of methoxy groups -OCH3 is 1. The van der Waals surface area contributed by atoms with Crippen LogP contribution in [0, 0.1) is 18.7 Å². The molecular formula is C23H25ClFN5O3. The lowest BCUT2D eigenvalue weighted by Crippen LogP contribution is -2.39. The van der Waals surface area contributed by atoms with E-state index >= 15 is 0 Å². The van der Waals surface area contributed by atoms with Crippen LogP contribution >= 0.6 is 11.6 Å². The summed E-state index contributed by atoms with van der Waals surface area (Å²) in [7, 11) is 1.59. The van der Waals surface area contributed by atoms with Crippen LogP contribution in [0.25, 0.3) is 5.65 Å². The molecule has 174 valence electrons. The number of fused-ring (bicyclic) bond motifs is 1. The van der Waals surface area contributed by atoms with E-state index in [0.29, 0.717) is 49.2 Å². The predicted octanol–water partition coefficient (Wildman–Crippen LogP) is 3.90. The minimum atomic E-state index is -0.458. The number of carbonyl (C=O) groups is 2. The number of rotatable bonds is 6. The molecule has 0 atom stereocenters. The summed E-state index contributed by atoms with van der Waals surface area (Å²) in [5.41, 5.74) is 2.87. The number of hydrogen-bond acceptors (Lipinski definition) is 5. The molecule has 0 bridgehead atoms. The van der Waals surface area contributed by atoms with Crippen LogP contribution in [0.4, 0.5) is 10.1 Å². The number of aromatic nitrogens is 3.